The molecule has 2 aromatic heterocycles. The first-order valence-electron chi connectivity index (χ1n) is 8.49. The molecule has 1 aliphatic heterocycles. The molecule has 0 aliphatic carbocycles. The van der Waals surface area contributed by atoms with Gasteiger partial charge in [-0.15, -0.1) is 0 Å². The van der Waals surface area contributed by atoms with Crippen LogP contribution in [0.1, 0.15) is 0 Å². The molecule has 1 atom stereocenters. The van der Waals surface area contributed by atoms with Gasteiger partial charge >= 0.3 is 6.09 Å². The number of nitrogens with zero attached hydrogens (tertiary/aromatic N) is 3. The SMILES string of the molecule is CNc1c(N)ncc(Oc2ccnc(NC(=O)OC3CN(C)CCO3)c2)c1Cl. The summed E-state index contributed by atoms with van der Waals surface area (Å²) in [5, 5.41) is 5.70. The van der Waals surface area contributed by atoms with E-state index in [4.69, 9.17) is 31.5 Å². The second-order valence-corrected chi connectivity index (χ2v) is 6.40. The zero-order valence-electron chi connectivity index (χ0n) is 15.4. The number of nitrogen functional groups attached to an aromatic ring is 1. The number of rotatable bonds is 5. The van der Waals surface area contributed by atoms with E-state index in [2.05, 4.69) is 20.6 Å². The van der Waals surface area contributed by atoms with Gasteiger partial charge in [-0.1, -0.05) is 11.6 Å². The number of nitrogens with two attached hydrogens (primary N) is 1. The summed E-state index contributed by atoms with van der Waals surface area (Å²) >= 11 is 6.28. The number of ether oxygens (including phenoxy) is 3. The van der Waals surface area contributed by atoms with E-state index < -0.39 is 12.4 Å². The molecular formula is C17H21ClN6O4. The average Bonchev–Trinajstić information content (AvgIpc) is 2.65. The molecule has 0 aromatic carbocycles. The Balaban J connectivity index is 1.65. The maximum Gasteiger partial charge on any atom is 0.415 e. The molecule has 1 saturated heterocycles. The third kappa shape index (κ3) is 4.91. The highest BCUT2D eigenvalue weighted by Crippen LogP contribution is 2.37. The van der Waals surface area contributed by atoms with E-state index in [0.29, 0.717) is 35.4 Å². The number of carbonyl (C=O) groups excluding carboxylic acids is 1. The fourth-order valence-corrected chi connectivity index (χ4v) is 2.81. The second-order valence-electron chi connectivity index (χ2n) is 6.02. The quantitative estimate of drug-likeness (QED) is 0.683. The standard InChI is InChI=1S/C17H21ClN6O4/c1-20-15-14(18)11(8-22-16(15)19)27-10-3-4-21-12(7-10)23-17(25)28-13-9-24(2)5-6-26-13/h3-4,7-8,13,20H,5-6,9H2,1-2H3,(H2,19,22)(H,21,23,25). The van der Waals surface area contributed by atoms with Crippen LogP contribution in [0, 0.1) is 0 Å². The number of halogens is 1. The Morgan fingerprint density at radius 3 is 3.04 bits per heavy atom. The van der Waals surface area contributed by atoms with E-state index >= 15 is 0 Å². The molecule has 28 heavy (non-hydrogen) atoms. The van der Waals surface area contributed by atoms with Crippen molar-refractivity contribution in [3.05, 3.63) is 29.5 Å². The van der Waals surface area contributed by atoms with Crippen LogP contribution in [-0.4, -0.2) is 61.0 Å². The van der Waals surface area contributed by atoms with Gasteiger partial charge in [0.25, 0.3) is 0 Å². The zero-order chi connectivity index (χ0) is 20.1. The molecule has 10 nitrogen and oxygen atoms in total. The topological polar surface area (TPSA) is 124 Å². The fourth-order valence-electron chi connectivity index (χ4n) is 2.53. The Hall–Kier alpha value is -2.82. The predicted octanol–water partition coefficient (Wildman–Crippen LogP) is 2.38. The van der Waals surface area contributed by atoms with Crippen LogP contribution < -0.4 is 21.1 Å². The van der Waals surface area contributed by atoms with E-state index in [9.17, 15) is 4.79 Å². The van der Waals surface area contributed by atoms with Crippen molar-refractivity contribution in [2.24, 2.45) is 0 Å². The highest BCUT2D eigenvalue weighted by Gasteiger charge is 2.21. The van der Waals surface area contributed by atoms with Crippen molar-refractivity contribution in [2.45, 2.75) is 6.29 Å². The summed E-state index contributed by atoms with van der Waals surface area (Å²) < 4.78 is 16.4. The summed E-state index contributed by atoms with van der Waals surface area (Å²) in [5.74, 6) is 1.21. The molecule has 150 valence electrons. The van der Waals surface area contributed by atoms with Crippen LogP contribution in [0.25, 0.3) is 0 Å². The monoisotopic (exact) mass is 408 g/mol. The Kier molecular flexibility index (Phi) is 6.34. The number of anilines is 3. The van der Waals surface area contributed by atoms with Crippen LogP contribution >= 0.6 is 11.6 Å². The van der Waals surface area contributed by atoms with Crippen molar-refractivity contribution >= 4 is 35.0 Å². The van der Waals surface area contributed by atoms with E-state index in [1.807, 2.05) is 11.9 Å². The number of carbonyl (C=O) groups is 1. The van der Waals surface area contributed by atoms with Crippen molar-refractivity contribution in [1.82, 2.24) is 14.9 Å². The van der Waals surface area contributed by atoms with Crippen LogP contribution in [0.3, 0.4) is 0 Å². The predicted molar refractivity (Wildman–Crippen MR) is 105 cm³/mol. The molecule has 3 heterocycles. The first-order valence-corrected chi connectivity index (χ1v) is 8.87. The van der Waals surface area contributed by atoms with Gasteiger partial charge in [-0.05, 0) is 13.1 Å². The Morgan fingerprint density at radius 2 is 2.29 bits per heavy atom. The van der Waals surface area contributed by atoms with E-state index in [1.54, 1.807) is 13.1 Å². The lowest BCUT2D eigenvalue weighted by molar-refractivity contribution is -0.140. The molecule has 1 aliphatic rings. The van der Waals surface area contributed by atoms with Gasteiger partial charge in [0, 0.05) is 25.9 Å². The van der Waals surface area contributed by atoms with Gasteiger partial charge in [-0.3, -0.25) is 10.2 Å². The number of hydrogen-bond donors (Lipinski definition) is 3. The molecule has 11 heteroatoms. The van der Waals surface area contributed by atoms with E-state index in [1.165, 1.54) is 18.5 Å². The summed E-state index contributed by atoms with van der Waals surface area (Å²) in [4.78, 5) is 22.2. The minimum Gasteiger partial charge on any atom is -0.454 e. The van der Waals surface area contributed by atoms with Crippen LogP contribution in [-0.2, 0) is 9.47 Å². The second kappa shape index (κ2) is 8.91. The van der Waals surface area contributed by atoms with Crippen LogP contribution in [0.15, 0.2) is 24.5 Å². The summed E-state index contributed by atoms with van der Waals surface area (Å²) in [5.41, 5.74) is 6.23. The Labute approximate surface area is 166 Å². The van der Waals surface area contributed by atoms with Crippen LogP contribution in [0.2, 0.25) is 5.02 Å². The first-order chi connectivity index (χ1) is 13.5. The van der Waals surface area contributed by atoms with Gasteiger partial charge in [0.2, 0.25) is 6.29 Å². The molecule has 3 rings (SSSR count). The average molecular weight is 409 g/mol. The third-order valence-electron chi connectivity index (χ3n) is 3.93. The van der Waals surface area contributed by atoms with E-state index in [-0.39, 0.29) is 11.6 Å². The summed E-state index contributed by atoms with van der Waals surface area (Å²) in [6, 6.07) is 3.14. The highest BCUT2D eigenvalue weighted by atomic mass is 35.5. The van der Waals surface area contributed by atoms with Gasteiger partial charge in [-0.25, -0.2) is 14.8 Å². The lowest BCUT2D eigenvalue weighted by atomic mass is 10.3. The largest absolute Gasteiger partial charge is 0.454 e. The van der Waals surface area contributed by atoms with Crippen molar-refractivity contribution in [3.63, 3.8) is 0 Å². The number of pyridine rings is 2. The fraction of sp³-hybridized carbons (Fsp3) is 0.353. The summed E-state index contributed by atoms with van der Waals surface area (Å²) in [6.45, 7) is 1.79. The molecule has 1 unspecified atom stereocenters. The van der Waals surface area contributed by atoms with Gasteiger partial charge in [0.15, 0.2) is 5.75 Å². The van der Waals surface area contributed by atoms with Crippen LogP contribution in [0.5, 0.6) is 11.5 Å². The minimum atomic E-state index is -0.672. The zero-order valence-corrected chi connectivity index (χ0v) is 16.2. The maximum absolute atomic E-state index is 12.1. The third-order valence-corrected chi connectivity index (χ3v) is 4.30. The molecule has 1 fully saturated rings. The molecule has 2 aromatic rings. The molecule has 0 radical (unpaired) electrons. The molecule has 1 amide bonds. The van der Waals surface area contributed by atoms with Gasteiger partial charge in [-0.2, -0.15) is 0 Å². The Bertz CT molecular complexity index is 852. The lowest BCUT2D eigenvalue weighted by Crippen LogP contribution is -2.42. The number of nitrogens with one attached hydrogen (secondary N) is 2. The highest BCUT2D eigenvalue weighted by molar-refractivity contribution is 6.35. The summed E-state index contributed by atoms with van der Waals surface area (Å²) in [6.07, 6.45) is 1.59. The molecule has 0 saturated carbocycles. The smallest absolute Gasteiger partial charge is 0.415 e. The molecular weight excluding hydrogens is 388 g/mol. The molecule has 0 spiro atoms. The Morgan fingerprint density at radius 1 is 1.46 bits per heavy atom. The normalized spacial score (nSPS) is 17.0. The maximum atomic E-state index is 12.1. The van der Waals surface area contributed by atoms with Crippen molar-refractivity contribution in [2.75, 3.05) is 50.2 Å². The molecule has 0 bridgehead atoms. The number of morpholine rings is 1. The minimum absolute atomic E-state index is 0.250. The van der Waals surface area contributed by atoms with Gasteiger partial charge < -0.3 is 25.3 Å². The van der Waals surface area contributed by atoms with Crippen molar-refractivity contribution in [1.29, 1.82) is 0 Å². The lowest BCUT2D eigenvalue weighted by Gasteiger charge is -2.29. The van der Waals surface area contributed by atoms with Crippen molar-refractivity contribution in [3.8, 4) is 11.5 Å². The molecule has 4 N–H and O–H groups in total. The van der Waals surface area contributed by atoms with E-state index in [0.717, 1.165) is 6.54 Å². The van der Waals surface area contributed by atoms with Gasteiger partial charge in [0.1, 0.15) is 22.4 Å². The number of hydrogen-bond acceptors (Lipinski definition) is 9. The number of aromatic nitrogens is 2. The van der Waals surface area contributed by atoms with Crippen LogP contribution in [0.4, 0.5) is 22.1 Å². The first kappa shape index (κ1) is 19.9. The summed E-state index contributed by atoms with van der Waals surface area (Å²) in [7, 11) is 3.60. The van der Waals surface area contributed by atoms with Gasteiger partial charge in [0.05, 0.1) is 25.0 Å². The number of likely N-dealkylation sites (N-methyl/N-ethyl adjacent to an activating group) is 1. The van der Waals surface area contributed by atoms with Crippen molar-refractivity contribution < 1.29 is 19.0 Å². The number of amides is 1.